The topological polar surface area (TPSA) is 70.4 Å². The van der Waals surface area contributed by atoms with Crippen molar-refractivity contribution < 1.29 is 14.3 Å². The zero-order valence-corrected chi connectivity index (χ0v) is 15.5. The van der Waals surface area contributed by atoms with Crippen LogP contribution < -0.4 is 4.90 Å². The molecule has 124 valence electrons. The minimum Gasteiger partial charge on any atom is -0.451 e. The molecule has 0 atom stereocenters. The molecule has 5 nitrogen and oxygen atoms in total. The molecule has 1 heterocycles. The molecule has 1 aromatic heterocycles. The number of carbonyl (C=O) groups is 2. The van der Waals surface area contributed by atoms with Gasteiger partial charge in [-0.15, -0.1) is 11.3 Å². The summed E-state index contributed by atoms with van der Waals surface area (Å²) in [6.07, 6.45) is 0.157. The molecule has 0 saturated heterocycles. The fourth-order valence-electron chi connectivity index (χ4n) is 1.90. The minimum atomic E-state index is -0.564. The Morgan fingerprint density at radius 2 is 2.12 bits per heavy atom. The quantitative estimate of drug-likeness (QED) is 0.646. The Hall–Kier alpha value is -1.88. The molecule has 2 rings (SSSR count). The van der Waals surface area contributed by atoms with Crippen molar-refractivity contribution in [3.05, 3.63) is 50.1 Å². The lowest BCUT2D eigenvalue weighted by Crippen LogP contribution is -2.35. The van der Waals surface area contributed by atoms with Crippen molar-refractivity contribution in [2.24, 2.45) is 0 Å². The summed E-state index contributed by atoms with van der Waals surface area (Å²) in [6.45, 7) is -0.218. The zero-order chi connectivity index (χ0) is 17.5. The summed E-state index contributed by atoms with van der Waals surface area (Å²) in [5, 5.41) is 9.24. The van der Waals surface area contributed by atoms with Gasteiger partial charge in [0.2, 0.25) is 0 Å². The van der Waals surface area contributed by atoms with Crippen LogP contribution in [-0.4, -0.2) is 25.0 Å². The van der Waals surface area contributed by atoms with E-state index < -0.39 is 18.5 Å². The molecule has 0 bridgehead atoms. The Balaban J connectivity index is 2.05. The predicted molar refractivity (Wildman–Crippen MR) is 96.3 cm³/mol. The van der Waals surface area contributed by atoms with Gasteiger partial charge in [0.15, 0.2) is 6.61 Å². The second-order valence-corrected chi connectivity index (χ2v) is 7.51. The highest BCUT2D eigenvalue weighted by atomic mass is 79.9. The highest BCUT2D eigenvalue weighted by Crippen LogP contribution is 2.23. The second kappa shape index (κ2) is 8.83. The molecule has 0 aliphatic rings. The van der Waals surface area contributed by atoms with Gasteiger partial charge in [0.1, 0.15) is 4.88 Å². The molecule has 1 aromatic carbocycles. The van der Waals surface area contributed by atoms with Crippen molar-refractivity contribution in [2.45, 2.75) is 6.42 Å². The molecular formula is C16H12BrClN2O3S. The third-order valence-electron chi connectivity index (χ3n) is 2.97. The highest BCUT2D eigenvalue weighted by molar-refractivity contribution is 9.11. The van der Waals surface area contributed by atoms with Crippen molar-refractivity contribution in [1.82, 2.24) is 0 Å². The van der Waals surface area contributed by atoms with E-state index in [0.29, 0.717) is 15.6 Å². The highest BCUT2D eigenvalue weighted by Gasteiger charge is 2.19. The number of ether oxygens (including phenoxy) is 1. The summed E-state index contributed by atoms with van der Waals surface area (Å²) in [4.78, 5) is 26.1. The van der Waals surface area contributed by atoms with E-state index in [0.717, 1.165) is 3.79 Å². The van der Waals surface area contributed by atoms with Crippen LogP contribution in [0.15, 0.2) is 40.2 Å². The van der Waals surface area contributed by atoms with Gasteiger partial charge < -0.3 is 9.64 Å². The number of benzene rings is 1. The molecule has 24 heavy (non-hydrogen) atoms. The Labute approximate surface area is 156 Å². The van der Waals surface area contributed by atoms with E-state index in [4.69, 9.17) is 21.6 Å². The summed E-state index contributed by atoms with van der Waals surface area (Å²) in [7, 11) is 0. The van der Waals surface area contributed by atoms with Crippen molar-refractivity contribution >= 4 is 56.4 Å². The number of anilines is 1. The van der Waals surface area contributed by atoms with E-state index >= 15 is 0 Å². The summed E-state index contributed by atoms with van der Waals surface area (Å²) in [5.41, 5.74) is 0.553. The average molecular weight is 428 g/mol. The Morgan fingerprint density at radius 3 is 2.75 bits per heavy atom. The molecule has 0 spiro atoms. The standard InChI is InChI=1S/C16H12BrClN2O3S/c17-14-6-5-13(24-14)16(22)23-10-15(21)20(8-2-7-19)12-4-1-3-11(18)9-12/h1,3-6,9H,2,8,10H2. The number of carbonyl (C=O) groups excluding carboxylic acids is 2. The van der Waals surface area contributed by atoms with Crippen molar-refractivity contribution in [1.29, 1.82) is 5.26 Å². The molecule has 0 aliphatic carbocycles. The summed E-state index contributed by atoms with van der Waals surface area (Å²) < 4.78 is 5.86. The third-order valence-corrected chi connectivity index (χ3v) is 4.81. The molecule has 0 aliphatic heterocycles. The number of nitrogens with zero attached hydrogens (tertiary/aromatic N) is 2. The number of amides is 1. The van der Waals surface area contributed by atoms with Gasteiger partial charge in [-0.25, -0.2) is 4.79 Å². The monoisotopic (exact) mass is 426 g/mol. The van der Waals surface area contributed by atoms with Gasteiger partial charge in [-0.05, 0) is 46.3 Å². The normalized spacial score (nSPS) is 10.0. The number of hydrogen-bond acceptors (Lipinski definition) is 5. The van der Waals surface area contributed by atoms with Crippen LogP contribution in [0.25, 0.3) is 0 Å². The Kier molecular flexibility index (Phi) is 6.79. The summed E-state index contributed by atoms with van der Waals surface area (Å²) in [5.74, 6) is -0.984. The lowest BCUT2D eigenvalue weighted by molar-refractivity contribution is -0.121. The van der Waals surface area contributed by atoms with Crippen LogP contribution >= 0.6 is 38.9 Å². The van der Waals surface area contributed by atoms with Gasteiger partial charge in [0.05, 0.1) is 16.3 Å². The first kappa shape index (κ1) is 18.5. The maximum Gasteiger partial charge on any atom is 0.348 e. The van der Waals surface area contributed by atoms with Crippen LogP contribution in [0.4, 0.5) is 5.69 Å². The van der Waals surface area contributed by atoms with E-state index in [9.17, 15) is 9.59 Å². The number of thiophene rings is 1. The molecular weight excluding hydrogens is 416 g/mol. The molecule has 1 amide bonds. The summed E-state index contributed by atoms with van der Waals surface area (Å²) >= 11 is 10.4. The van der Waals surface area contributed by atoms with Crippen molar-refractivity contribution in [3.63, 3.8) is 0 Å². The van der Waals surface area contributed by atoms with E-state index in [1.54, 1.807) is 36.4 Å². The Morgan fingerprint density at radius 1 is 1.33 bits per heavy atom. The number of nitriles is 1. The van der Waals surface area contributed by atoms with E-state index in [1.165, 1.54) is 16.2 Å². The number of halogens is 2. The van der Waals surface area contributed by atoms with Crippen LogP contribution in [0.3, 0.4) is 0 Å². The van der Waals surface area contributed by atoms with Gasteiger partial charge in [-0.2, -0.15) is 5.26 Å². The zero-order valence-electron chi connectivity index (χ0n) is 12.4. The maximum atomic E-state index is 12.4. The molecule has 8 heteroatoms. The van der Waals surface area contributed by atoms with E-state index in [-0.39, 0.29) is 13.0 Å². The first-order valence-electron chi connectivity index (χ1n) is 6.86. The first-order valence-corrected chi connectivity index (χ1v) is 8.85. The van der Waals surface area contributed by atoms with Gasteiger partial charge in [-0.3, -0.25) is 4.79 Å². The second-order valence-electron chi connectivity index (χ2n) is 4.61. The van der Waals surface area contributed by atoms with Crippen LogP contribution in [0.1, 0.15) is 16.1 Å². The van der Waals surface area contributed by atoms with Crippen LogP contribution in [-0.2, 0) is 9.53 Å². The van der Waals surface area contributed by atoms with Gasteiger partial charge in [-0.1, -0.05) is 17.7 Å². The number of rotatable bonds is 6. The van der Waals surface area contributed by atoms with Crippen LogP contribution in [0.5, 0.6) is 0 Å². The largest absolute Gasteiger partial charge is 0.451 e. The maximum absolute atomic E-state index is 12.4. The summed E-state index contributed by atoms with van der Waals surface area (Å²) in [6, 6.07) is 12.1. The Bertz CT molecular complexity index is 788. The number of hydrogen-bond donors (Lipinski definition) is 0. The van der Waals surface area contributed by atoms with Crippen LogP contribution in [0, 0.1) is 11.3 Å². The smallest absolute Gasteiger partial charge is 0.348 e. The first-order chi connectivity index (χ1) is 11.5. The van der Waals surface area contributed by atoms with E-state index in [1.807, 2.05) is 6.07 Å². The average Bonchev–Trinajstić information content (AvgIpc) is 2.99. The lowest BCUT2D eigenvalue weighted by atomic mass is 10.2. The van der Waals surface area contributed by atoms with E-state index in [2.05, 4.69) is 15.9 Å². The fourth-order valence-corrected chi connectivity index (χ4v) is 3.37. The van der Waals surface area contributed by atoms with Crippen molar-refractivity contribution in [2.75, 3.05) is 18.1 Å². The van der Waals surface area contributed by atoms with Crippen LogP contribution in [0.2, 0.25) is 5.02 Å². The van der Waals surface area contributed by atoms with Gasteiger partial charge in [0, 0.05) is 17.3 Å². The third kappa shape index (κ3) is 5.06. The predicted octanol–water partition coefficient (Wildman–Crippen LogP) is 4.27. The SMILES string of the molecule is N#CCCN(C(=O)COC(=O)c1ccc(Br)s1)c1cccc(Cl)c1. The molecule has 0 unspecified atom stereocenters. The number of esters is 1. The molecule has 0 saturated carbocycles. The fraction of sp³-hybridized carbons (Fsp3) is 0.188. The van der Waals surface area contributed by atoms with Crippen molar-refractivity contribution in [3.8, 4) is 6.07 Å². The van der Waals surface area contributed by atoms with Gasteiger partial charge in [0.25, 0.3) is 5.91 Å². The molecule has 2 aromatic rings. The molecule has 0 fully saturated rings. The lowest BCUT2D eigenvalue weighted by Gasteiger charge is -2.21. The molecule has 0 radical (unpaired) electrons. The minimum absolute atomic E-state index is 0.157. The molecule has 0 N–H and O–H groups in total. The van der Waals surface area contributed by atoms with Gasteiger partial charge >= 0.3 is 5.97 Å².